The van der Waals surface area contributed by atoms with Crippen LogP contribution in [0.4, 0.5) is 18.9 Å². The van der Waals surface area contributed by atoms with Crippen molar-refractivity contribution in [2.75, 3.05) is 5.32 Å². The molecule has 0 fully saturated rings. The van der Waals surface area contributed by atoms with E-state index in [1.807, 2.05) is 0 Å². The summed E-state index contributed by atoms with van der Waals surface area (Å²) in [6.07, 6.45) is -4.65. The second-order valence-corrected chi connectivity index (χ2v) is 7.38. The molecule has 2 amide bonds. The van der Waals surface area contributed by atoms with Crippen molar-refractivity contribution >= 4 is 50.7 Å². The van der Waals surface area contributed by atoms with Gasteiger partial charge in [0.1, 0.15) is 21.1 Å². The molecular weight excluding hydrogens is 419 g/mol. The number of pyridine rings is 1. The number of nitrogens with zero attached hydrogens (tertiary/aromatic N) is 3. The van der Waals surface area contributed by atoms with Crippen LogP contribution in [0.2, 0.25) is 5.02 Å². The van der Waals surface area contributed by atoms with Crippen molar-refractivity contribution < 1.29 is 22.8 Å². The molecule has 0 aromatic carbocycles. The largest absolute Gasteiger partial charge is 0.433 e. The first-order chi connectivity index (χ1) is 12.9. The molecule has 0 atom stereocenters. The SMILES string of the molecule is Cc1nn(C)c(C(=O)Nc2c(C(N)=O)sc3nc(C(F)(F)F)cc(C)c23)c1Cl. The topological polar surface area (TPSA) is 103 Å². The quantitative estimate of drug-likeness (QED) is 0.660. The van der Waals surface area contributed by atoms with E-state index in [2.05, 4.69) is 15.4 Å². The molecule has 0 aliphatic rings. The Balaban J connectivity index is 2.18. The lowest BCUT2D eigenvalue weighted by Gasteiger charge is -2.10. The summed E-state index contributed by atoms with van der Waals surface area (Å²) >= 11 is 6.77. The monoisotopic (exact) mass is 431 g/mol. The number of nitrogens with one attached hydrogen (secondary N) is 1. The van der Waals surface area contributed by atoms with Crippen LogP contribution in [0.5, 0.6) is 0 Å². The highest BCUT2D eigenvalue weighted by Crippen LogP contribution is 2.40. The van der Waals surface area contributed by atoms with Crippen LogP contribution in [-0.4, -0.2) is 26.6 Å². The van der Waals surface area contributed by atoms with Crippen LogP contribution in [0, 0.1) is 13.8 Å². The molecule has 0 unspecified atom stereocenters. The first kappa shape index (κ1) is 20.1. The average Bonchev–Trinajstić information content (AvgIpc) is 3.04. The van der Waals surface area contributed by atoms with Gasteiger partial charge >= 0.3 is 6.18 Å². The average molecular weight is 432 g/mol. The number of amides is 2. The number of anilines is 1. The highest BCUT2D eigenvalue weighted by molar-refractivity contribution is 7.21. The predicted octanol–water partition coefficient (Wildman–Crippen LogP) is 3.67. The van der Waals surface area contributed by atoms with Crippen molar-refractivity contribution in [1.82, 2.24) is 14.8 Å². The molecule has 7 nitrogen and oxygen atoms in total. The zero-order valence-corrected chi connectivity index (χ0v) is 16.3. The summed E-state index contributed by atoms with van der Waals surface area (Å²) in [4.78, 5) is 27.9. The highest BCUT2D eigenvalue weighted by atomic mass is 35.5. The number of hydrogen-bond donors (Lipinski definition) is 2. The Labute approximate surface area is 165 Å². The smallest absolute Gasteiger partial charge is 0.365 e. The van der Waals surface area contributed by atoms with E-state index < -0.39 is 23.7 Å². The zero-order valence-electron chi connectivity index (χ0n) is 14.7. The van der Waals surface area contributed by atoms with Crippen LogP contribution in [0.3, 0.4) is 0 Å². The lowest BCUT2D eigenvalue weighted by atomic mass is 10.1. The maximum absolute atomic E-state index is 13.0. The summed E-state index contributed by atoms with van der Waals surface area (Å²) in [7, 11) is 1.51. The number of fused-ring (bicyclic) bond motifs is 1. The zero-order chi connectivity index (χ0) is 21.0. The molecule has 148 valence electrons. The van der Waals surface area contributed by atoms with E-state index in [4.69, 9.17) is 17.3 Å². The molecule has 3 rings (SSSR count). The molecule has 28 heavy (non-hydrogen) atoms. The van der Waals surface area contributed by atoms with E-state index >= 15 is 0 Å². The molecule has 0 saturated carbocycles. The van der Waals surface area contributed by atoms with Crippen molar-refractivity contribution in [2.24, 2.45) is 12.8 Å². The third-order valence-electron chi connectivity index (χ3n) is 3.98. The van der Waals surface area contributed by atoms with Crippen LogP contribution in [-0.2, 0) is 13.2 Å². The number of halogens is 4. The second kappa shape index (κ2) is 6.74. The number of alkyl halides is 3. The van der Waals surface area contributed by atoms with Crippen molar-refractivity contribution in [3.05, 3.63) is 38.6 Å². The molecule has 0 radical (unpaired) electrons. The van der Waals surface area contributed by atoms with Gasteiger partial charge in [-0.2, -0.15) is 18.3 Å². The molecule has 3 aromatic rings. The number of primary amides is 1. The molecular formula is C16H13ClF3N5O2S. The van der Waals surface area contributed by atoms with E-state index in [-0.39, 0.29) is 37.1 Å². The van der Waals surface area contributed by atoms with Crippen LogP contribution in [0.1, 0.15) is 37.1 Å². The minimum atomic E-state index is -4.65. The van der Waals surface area contributed by atoms with E-state index in [0.717, 1.165) is 6.07 Å². The first-order valence-corrected chi connectivity index (χ1v) is 8.92. The summed E-state index contributed by atoms with van der Waals surface area (Å²) in [5, 5.41) is 6.89. The van der Waals surface area contributed by atoms with Crippen LogP contribution in [0.25, 0.3) is 10.2 Å². The Morgan fingerprint density at radius 1 is 1.32 bits per heavy atom. The lowest BCUT2D eigenvalue weighted by Crippen LogP contribution is -2.19. The molecule has 0 aliphatic heterocycles. The van der Waals surface area contributed by atoms with Crippen LogP contribution >= 0.6 is 22.9 Å². The minimum Gasteiger partial charge on any atom is -0.365 e. The normalized spacial score (nSPS) is 11.8. The van der Waals surface area contributed by atoms with Crippen molar-refractivity contribution in [3.63, 3.8) is 0 Å². The molecule has 0 aliphatic carbocycles. The van der Waals surface area contributed by atoms with E-state index in [0.29, 0.717) is 17.0 Å². The second-order valence-electron chi connectivity index (χ2n) is 6.00. The van der Waals surface area contributed by atoms with Crippen LogP contribution in [0.15, 0.2) is 6.07 Å². The van der Waals surface area contributed by atoms with Gasteiger partial charge in [-0.25, -0.2) is 4.98 Å². The molecule has 3 heterocycles. The molecule has 0 bridgehead atoms. The maximum Gasteiger partial charge on any atom is 0.433 e. The summed E-state index contributed by atoms with van der Waals surface area (Å²) in [5.41, 5.74) is 4.89. The third-order valence-corrected chi connectivity index (χ3v) is 5.53. The standard InChI is InChI=1S/C16H13ClF3N5O2S/c1-5-4-7(16(18,19)20)22-15-8(5)10(12(28-15)13(21)26)23-14(27)11-9(17)6(2)24-25(11)3/h4H,1-3H3,(H2,21,26)(H,23,27). The van der Waals surface area contributed by atoms with Gasteiger partial charge in [-0.15, -0.1) is 11.3 Å². The fourth-order valence-electron chi connectivity index (χ4n) is 2.77. The molecule has 3 aromatic heterocycles. The highest BCUT2D eigenvalue weighted by Gasteiger charge is 2.34. The van der Waals surface area contributed by atoms with E-state index in [1.165, 1.54) is 18.7 Å². The number of hydrogen-bond acceptors (Lipinski definition) is 5. The fourth-order valence-corrected chi connectivity index (χ4v) is 4.08. The maximum atomic E-state index is 13.0. The molecule has 0 spiro atoms. The van der Waals surface area contributed by atoms with Gasteiger partial charge in [-0.1, -0.05) is 11.6 Å². The lowest BCUT2D eigenvalue weighted by molar-refractivity contribution is -0.141. The predicted molar refractivity (Wildman–Crippen MR) is 98.8 cm³/mol. The molecule has 0 saturated heterocycles. The number of thiophene rings is 1. The van der Waals surface area contributed by atoms with Gasteiger partial charge in [-0.3, -0.25) is 14.3 Å². The van der Waals surface area contributed by atoms with Gasteiger partial charge in [0.05, 0.1) is 16.4 Å². The van der Waals surface area contributed by atoms with E-state index in [9.17, 15) is 22.8 Å². The van der Waals surface area contributed by atoms with Gasteiger partial charge < -0.3 is 11.1 Å². The Hall–Kier alpha value is -2.66. The summed E-state index contributed by atoms with van der Waals surface area (Å²) in [6, 6.07) is 0.844. The number of rotatable bonds is 3. The minimum absolute atomic E-state index is 0.00820. The van der Waals surface area contributed by atoms with Crippen molar-refractivity contribution in [3.8, 4) is 0 Å². The van der Waals surface area contributed by atoms with Crippen molar-refractivity contribution in [2.45, 2.75) is 20.0 Å². The molecule has 3 N–H and O–H groups in total. The Morgan fingerprint density at radius 2 is 1.96 bits per heavy atom. The van der Waals surface area contributed by atoms with Gasteiger partial charge in [0.2, 0.25) is 0 Å². The van der Waals surface area contributed by atoms with Gasteiger partial charge in [0, 0.05) is 12.4 Å². The Kier molecular flexibility index (Phi) is 4.84. The number of nitrogens with two attached hydrogens (primary N) is 1. The van der Waals surface area contributed by atoms with Gasteiger partial charge in [0.15, 0.2) is 0 Å². The fraction of sp³-hybridized carbons (Fsp3) is 0.250. The van der Waals surface area contributed by atoms with Gasteiger partial charge in [0.25, 0.3) is 11.8 Å². The number of aryl methyl sites for hydroxylation is 3. The summed E-state index contributed by atoms with van der Waals surface area (Å²) in [6.45, 7) is 3.04. The Bertz CT molecular complexity index is 1140. The van der Waals surface area contributed by atoms with E-state index in [1.54, 1.807) is 6.92 Å². The van der Waals surface area contributed by atoms with Crippen molar-refractivity contribution in [1.29, 1.82) is 0 Å². The first-order valence-electron chi connectivity index (χ1n) is 7.73. The third kappa shape index (κ3) is 3.31. The van der Waals surface area contributed by atoms with Gasteiger partial charge in [-0.05, 0) is 25.5 Å². The summed E-state index contributed by atoms with van der Waals surface area (Å²) in [5.74, 6) is -1.59. The Morgan fingerprint density at radius 3 is 2.46 bits per heavy atom. The summed E-state index contributed by atoms with van der Waals surface area (Å²) < 4.78 is 40.4. The number of carbonyl (C=O) groups is 2. The molecule has 12 heteroatoms. The number of aromatic nitrogens is 3. The number of carbonyl (C=O) groups excluding carboxylic acids is 2. The van der Waals surface area contributed by atoms with Crippen LogP contribution < -0.4 is 11.1 Å².